The zero-order valence-corrected chi connectivity index (χ0v) is 11.2. The fourth-order valence-electron chi connectivity index (χ4n) is 1.80. The van der Waals surface area contributed by atoms with Gasteiger partial charge in [-0.05, 0) is 37.0 Å². The third-order valence-electron chi connectivity index (χ3n) is 3.29. The largest absolute Gasteiger partial charge is 0.497 e. The van der Waals surface area contributed by atoms with E-state index >= 15 is 0 Å². The Morgan fingerprint density at radius 1 is 1.24 bits per heavy atom. The molecule has 0 spiro atoms. The van der Waals surface area contributed by atoms with Crippen LogP contribution in [0, 0.1) is 5.92 Å². The highest BCUT2D eigenvalue weighted by Gasteiger charge is 2.26. The average molecular weight is 237 g/mol. The second-order valence-electron chi connectivity index (χ2n) is 4.89. The Morgan fingerprint density at radius 2 is 1.82 bits per heavy atom. The van der Waals surface area contributed by atoms with E-state index in [9.17, 15) is 0 Å². The van der Waals surface area contributed by atoms with Gasteiger partial charge in [-0.25, -0.2) is 0 Å². The summed E-state index contributed by atoms with van der Waals surface area (Å²) in [7, 11) is 3.38. The Balaban J connectivity index is 2.68. The van der Waals surface area contributed by atoms with Crippen LogP contribution in [-0.2, 0) is 11.2 Å². The topological polar surface area (TPSA) is 44.5 Å². The number of benzene rings is 1. The lowest BCUT2D eigenvalue weighted by atomic mass is 9.83. The number of ether oxygens (including phenoxy) is 2. The summed E-state index contributed by atoms with van der Waals surface area (Å²) in [6.45, 7) is 4.87. The summed E-state index contributed by atoms with van der Waals surface area (Å²) in [6, 6.07) is 8.05. The minimum absolute atomic E-state index is 0.259. The molecule has 0 amide bonds. The minimum Gasteiger partial charge on any atom is -0.497 e. The van der Waals surface area contributed by atoms with Gasteiger partial charge in [-0.3, -0.25) is 0 Å². The first-order chi connectivity index (χ1) is 7.99. The van der Waals surface area contributed by atoms with Crippen LogP contribution in [0.4, 0.5) is 0 Å². The molecular formula is C14H23NO2. The van der Waals surface area contributed by atoms with Crippen molar-refractivity contribution < 1.29 is 9.47 Å². The Labute approximate surface area is 104 Å². The molecule has 0 heterocycles. The lowest BCUT2D eigenvalue weighted by Gasteiger charge is -2.31. The van der Waals surface area contributed by atoms with Crippen LogP contribution in [0.2, 0.25) is 0 Å². The van der Waals surface area contributed by atoms with Crippen LogP contribution in [0.5, 0.6) is 5.75 Å². The van der Waals surface area contributed by atoms with E-state index in [4.69, 9.17) is 15.2 Å². The number of nitrogens with two attached hydrogens (primary N) is 1. The van der Waals surface area contributed by atoms with Crippen molar-refractivity contribution in [2.24, 2.45) is 11.7 Å². The molecule has 96 valence electrons. The molecule has 2 atom stereocenters. The first-order valence-corrected chi connectivity index (χ1v) is 5.90. The van der Waals surface area contributed by atoms with Gasteiger partial charge < -0.3 is 15.2 Å². The second-order valence-corrected chi connectivity index (χ2v) is 4.89. The Bertz CT molecular complexity index is 333. The van der Waals surface area contributed by atoms with Crippen molar-refractivity contribution in [3.05, 3.63) is 29.8 Å². The molecular weight excluding hydrogens is 214 g/mol. The van der Waals surface area contributed by atoms with E-state index in [0.29, 0.717) is 12.5 Å². The molecule has 2 N–H and O–H groups in total. The molecule has 17 heavy (non-hydrogen) atoms. The van der Waals surface area contributed by atoms with Crippen LogP contribution in [0.3, 0.4) is 0 Å². The van der Waals surface area contributed by atoms with Gasteiger partial charge in [-0.15, -0.1) is 0 Å². The molecule has 0 aliphatic rings. The van der Waals surface area contributed by atoms with E-state index in [1.54, 1.807) is 14.2 Å². The summed E-state index contributed by atoms with van der Waals surface area (Å²) in [4.78, 5) is 0. The molecule has 1 rings (SSSR count). The summed E-state index contributed by atoms with van der Waals surface area (Å²) in [5, 5.41) is 0. The van der Waals surface area contributed by atoms with E-state index in [1.165, 1.54) is 5.56 Å². The van der Waals surface area contributed by atoms with Crippen LogP contribution in [0.15, 0.2) is 24.3 Å². The number of hydrogen-bond donors (Lipinski definition) is 1. The maximum Gasteiger partial charge on any atom is 0.118 e. The first kappa shape index (κ1) is 14.0. The van der Waals surface area contributed by atoms with E-state index in [0.717, 1.165) is 12.2 Å². The molecule has 3 heteroatoms. The highest BCUT2D eigenvalue weighted by Crippen LogP contribution is 2.21. The van der Waals surface area contributed by atoms with Crippen LogP contribution in [0.1, 0.15) is 19.4 Å². The summed E-state index contributed by atoms with van der Waals surface area (Å²) < 4.78 is 10.3. The third kappa shape index (κ3) is 4.02. The zero-order valence-electron chi connectivity index (χ0n) is 11.2. The van der Waals surface area contributed by atoms with E-state index in [-0.39, 0.29) is 5.54 Å². The Kier molecular flexibility index (Phi) is 4.97. The van der Waals surface area contributed by atoms with Gasteiger partial charge in [0.05, 0.1) is 13.7 Å². The third-order valence-corrected chi connectivity index (χ3v) is 3.29. The minimum atomic E-state index is -0.259. The van der Waals surface area contributed by atoms with Crippen LogP contribution in [0.25, 0.3) is 0 Å². The number of rotatable bonds is 6. The Hall–Kier alpha value is -1.06. The average Bonchev–Trinajstić information content (AvgIpc) is 2.30. The summed E-state index contributed by atoms with van der Waals surface area (Å²) in [5.74, 6) is 1.19. The first-order valence-electron chi connectivity index (χ1n) is 5.90. The highest BCUT2D eigenvalue weighted by atomic mass is 16.5. The highest BCUT2D eigenvalue weighted by molar-refractivity contribution is 5.28. The van der Waals surface area contributed by atoms with Crippen molar-refractivity contribution in [3.8, 4) is 5.75 Å². The fourth-order valence-corrected chi connectivity index (χ4v) is 1.80. The van der Waals surface area contributed by atoms with Crippen molar-refractivity contribution in [3.63, 3.8) is 0 Å². The van der Waals surface area contributed by atoms with Gasteiger partial charge in [0, 0.05) is 12.6 Å². The van der Waals surface area contributed by atoms with Gasteiger partial charge in [0.25, 0.3) is 0 Å². The predicted molar refractivity (Wildman–Crippen MR) is 70.3 cm³/mol. The fraction of sp³-hybridized carbons (Fsp3) is 0.571. The van der Waals surface area contributed by atoms with Crippen molar-refractivity contribution in [1.82, 2.24) is 0 Å². The number of hydrogen-bond acceptors (Lipinski definition) is 3. The molecule has 2 unspecified atom stereocenters. The van der Waals surface area contributed by atoms with Crippen LogP contribution in [-0.4, -0.2) is 26.4 Å². The lowest BCUT2D eigenvalue weighted by Crippen LogP contribution is -2.46. The quantitative estimate of drug-likeness (QED) is 0.825. The van der Waals surface area contributed by atoms with Gasteiger partial charge >= 0.3 is 0 Å². The van der Waals surface area contributed by atoms with Crippen LogP contribution < -0.4 is 10.5 Å². The molecule has 0 aliphatic carbocycles. The van der Waals surface area contributed by atoms with Gasteiger partial charge in [0.1, 0.15) is 5.75 Å². The SMILES string of the molecule is COCC(C)C(C)(N)Cc1ccc(OC)cc1. The van der Waals surface area contributed by atoms with Gasteiger partial charge in [0.2, 0.25) is 0 Å². The summed E-state index contributed by atoms with van der Waals surface area (Å²) in [6.07, 6.45) is 0.835. The smallest absolute Gasteiger partial charge is 0.118 e. The molecule has 0 aromatic heterocycles. The second kappa shape index (κ2) is 6.03. The zero-order chi connectivity index (χ0) is 12.9. The van der Waals surface area contributed by atoms with Gasteiger partial charge in [0.15, 0.2) is 0 Å². The van der Waals surface area contributed by atoms with Crippen molar-refractivity contribution >= 4 is 0 Å². The molecule has 3 nitrogen and oxygen atoms in total. The normalized spacial score (nSPS) is 16.3. The monoisotopic (exact) mass is 237 g/mol. The van der Waals surface area contributed by atoms with Crippen molar-refractivity contribution in [2.75, 3.05) is 20.8 Å². The van der Waals surface area contributed by atoms with E-state index < -0.39 is 0 Å². The molecule has 1 aromatic carbocycles. The maximum absolute atomic E-state index is 6.34. The molecule has 1 aromatic rings. The standard InChI is InChI=1S/C14H23NO2/c1-11(10-16-3)14(2,15)9-12-5-7-13(17-4)8-6-12/h5-8,11H,9-10,15H2,1-4H3. The maximum atomic E-state index is 6.34. The predicted octanol–water partition coefficient (Wildman–Crippen LogP) is 2.24. The summed E-state index contributed by atoms with van der Waals surface area (Å²) in [5.41, 5.74) is 7.30. The van der Waals surface area contributed by atoms with Crippen molar-refractivity contribution in [1.29, 1.82) is 0 Å². The Morgan fingerprint density at radius 3 is 2.29 bits per heavy atom. The molecule has 0 aliphatic heterocycles. The molecule has 0 saturated carbocycles. The van der Waals surface area contributed by atoms with E-state index in [2.05, 4.69) is 26.0 Å². The molecule has 0 radical (unpaired) electrons. The molecule has 0 fully saturated rings. The van der Waals surface area contributed by atoms with Crippen molar-refractivity contribution in [2.45, 2.75) is 25.8 Å². The number of methoxy groups -OCH3 is 2. The lowest BCUT2D eigenvalue weighted by molar-refractivity contribution is 0.121. The summed E-state index contributed by atoms with van der Waals surface area (Å²) >= 11 is 0. The van der Waals surface area contributed by atoms with Crippen LogP contribution >= 0.6 is 0 Å². The van der Waals surface area contributed by atoms with E-state index in [1.807, 2.05) is 12.1 Å². The molecule has 0 bridgehead atoms. The molecule has 0 saturated heterocycles. The van der Waals surface area contributed by atoms with Gasteiger partial charge in [-0.2, -0.15) is 0 Å². The van der Waals surface area contributed by atoms with Gasteiger partial charge in [-0.1, -0.05) is 19.1 Å².